The number of rotatable bonds is 7. The standard InChI is InChI=1S/C13H20ClNO/c1-3-4-9-15-10-11(2)16-13-8-6-5-7-12(13)14/h5-8,11,15H,3-4,9-10H2,1-2H3. The van der Waals surface area contributed by atoms with Crippen molar-refractivity contribution in [1.29, 1.82) is 0 Å². The second-order valence-electron chi connectivity index (χ2n) is 3.92. The number of hydrogen-bond donors (Lipinski definition) is 1. The zero-order valence-electron chi connectivity index (χ0n) is 10.0. The van der Waals surface area contributed by atoms with Gasteiger partial charge in [-0.05, 0) is 32.0 Å². The van der Waals surface area contributed by atoms with Gasteiger partial charge >= 0.3 is 0 Å². The first-order valence-electron chi connectivity index (χ1n) is 5.86. The summed E-state index contributed by atoms with van der Waals surface area (Å²) in [6, 6.07) is 7.57. The highest BCUT2D eigenvalue weighted by Crippen LogP contribution is 2.23. The summed E-state index contributed by atoms with van der Waals surface area (Å²) < 4.78 is 5.73. The molecule has 1 aromatic rings. The van der Waals surface area contributed by atoms with Gasteiger partial charge in [0.2, 0.25) is 0 Å². The van der Waals surface area contributed by atoms with E-state index in [0.29, 0.717) is 5.02 Å². The molecule has 0 aromatic heterocycles. The maximum atomic E-state index is 6.01. The number of halogens is 1. The van der Waals surface area contributed by atoms with Crippen LogP contribution in [0.4, 0.5) is 0 Å². The topological polar surface area (TPSA) is 21.3 Å². The Morgan fingerprint density at radius 2 is 2.12 bits per heavy atom. The number of unbranched alkanes of at least 4 members (excludes halogenated alkanes) is 1. The minimum absolute atomic E-state index is 0.136. The van der Waals surface area contributed by atoms with Crippen molar-refractivity contribution in [2.75, 3.05) is 13.1 Å². The third kappa shape index (κ3) is 4.86. The molecule has 0 saturated heterocycles. The molecule has 16 heavy (non-hydrogen) atoms. The first-order chi connectivity index (χ1) is 7.74. The summed E-state index contributed by atoms with van der Waals surface area (Å²) >= 11 is 6.01. The van der Waals surface area contributed by atoms with E-state index < -0.39 is 0 Å². The Hall–Kier alpha value is -0.730. The predicted octanol–water partition coefficient (Wildman–Crippen LogP) is 3.50. The van der Waals surface area contributed by atoms with Gasteiger partial charge in [0.15, 0.2) is 0 Å². The fraction of sp³-hybridized carbons (Fsp3) is 0.538. The number of nitrogens with one attached hydrogen (secondary N) is 1. The van der Waals surface area contributed by atoms with Crippen LogP contribution in [0.3, 0.4) is 0 Å². The molecule has 0 aliphatic carbocycles. The van der Waals surface area contributed by atoms with Gasteiger partial charge in [0.1, 0.15) is 11.9 Å². The van der Waals surface area contributed by atoms with E-state index in [1.807, 2.05) is 31.2 Å². The number of ether oxygens (including phenoxy) is 1. The summed E-state index contributed by atoms with van der Waals surface area (Å²) in [5.41, 5.74) is 0. The van der Waals surface area contributed by atoms with Crippen LogP contribution in [-0.4, -0.2) is 19.2 Å². The first-order valence-corrected chi connectivity index (χ1v) is 6.23. The number of benzene rings is 1. The first kappa shape index (κ1) is 13.3. The molecular weight excluding hydrogens is 222 g/mol. The van der Waals surface area contributed by atoms with Crippen LogP contribution >= 0.6 is 11.6 Å². The molecule has 1 atom stereocenters. The van der Waals surface area contributed by atoms with Crippen molar-refractivity contribution in [2.24, 2.45) is 0 Å². The SMILES string of the molecule is CCCCNCC(C)Oc1ccccc1Cl. The van der Waals surface area contributed by atoms with Crippen LogP contribution in [0.1, 0.15) is 26.7 Å². The van der Waals surface area contributed by atoms with E-state index in [4.69, 9.17) is 16.3 Å². The van der Waals surface area contributed by atoms with Gasteiger partial charge in [-0.25, -0.2) is 0 Å². The molecule has 0 spiro atoms. The molecule has 0 amide bonds. The lowest BCUT2D eigenvalue weighted by molar-refractivity contribution is 0.217. The Bertz CT molecular complexity index is 304. The van der Waals surface area contributed by atoms with E-state index in [0.717, 1.165) is 18.8 Å². The largest absolute Gasteiger partial charge is 0.488 e. The molecule has 0 radical (unpaired) electrons. The lowest BCUT2D eigenvalue weighted by Gasteiger charge is -2.16. The highest BCUT2D eigenvalue weighted by molar-refractivity contribution is 6.32. The van der Waals surface area contributed by atoms with Crippen molar-refractivity contribution >= 4 is 11.6 Å². The average Bonchev–Trinajstić information content (AvgIpc) is 2.28. The minimum atomic E-state index is 0.136. The lowest BCUT2D eigenvalue weighted by Crippen LogP contribution is -2.29. The van der Waals surface area contributed by atoms with Gasteiger partial charge in [0.25, 0.3) is 0 Å². The van der Waals surface area contributed by atoms with E-state index >= 15 is 0 Å². The average molecular weight is 242 g/mol. The van der Waals surface area contributed by atoms with Crippen LogP contribution in [0.15, 0.2) is 24.3 Å². The van der Waals surface area contributed by atoms with Crippen LogP contribution in [0.2, 0.25) is 5.02 Å². The van der Waals surface area contributed by atoms with E-state index in [9.17, 15) is 0 Å². The fourth-order valence-corrected chi connectivity index (χ4v) is 1.59. The Kier molecular flexibility index (Phi) is 6.27. The molecule has 3 heteroatoms. The molecule has 1 N–H and O–H groups in total. The summed E-state index contributed by atoms with van der Waals surface area (Å²) in [4.78, 5) is 0. The van der Waals surface area contributed by atoms with Crippen molar-refractivity contribution in [1.82, 2.24) is 5.32 Å². The maximum Gasteiger partial charge on any atom is 0.138 e. The fourth-order valence-electron chi connectivity index (χ4n) is 1.41. The summed E-state index contributed by atoms with van der Waals surface area (Å²) in [5.74, 6) is 0.758. The van der Waals surface area contributed by atoms with Crippen LogP contribution in [0.5, 0.6) is 5.75 Å². The molecule has 0 aliphatic rings. The van der Waals surface area contributed by atoms with E-state index in [1.165, 1.54) is 12.8 Å². The Morgan fingerprint density at radius 3 is 2.81 bits per heavy atom. The molecule has 1 aromatic carbocycles. The molecule has 0 aliphatic heterocycles. The van der Waals surface area contributed by atoms with Gasteiger partial charge < -0.3 is 10.1 Å². The van der Waals surface area contributed by atoms with E-state index in [-0.39, 0.29) is 6.10 Å². The van der Waals surface area contributed by atoms with Crippen LogP contribution in [0.25, 0.3) is 0 Å². The summed E-state index contributed by atoms with van der Waals surface area (Å²) in [6.07, 6.45) is 2.56. The normalized spacial score (nSPS) is 12.4. The summed E-state index contributed by atoms with van der Waals surface area (Å²) in [5, 5.41) is 4.03. The molecule has 0 bridgehead atoms. The highest BCUT2D eigenvalue weighted by Gasteiger charge is 2.05. The van der Waals surface area contributed by atoms with E-state index in [2.05, 4.69) is 12.2 Å². The zero-order valence-corrected chi connectivity index (χ0v) is 10.8. The Balaban J connectivity index is 2.28. The molecule has 90 valence electrons. The molecule has 1 rings (SSSR count). The monoisotopic (exact) mass is 241 g/mol. The maximum absolute atomic E-state index is 6.01. The van der Waals surface area contributed by atoms with Crippen molar-refractivity contribution in [3.05, 3.63) is 29.3 Å². The third-order valence-electron chi connectivity index (χ3n) is 2.30. The lowest BCUT2D eigenvalue weighted by atomic mass is 10.3. The van der Waals surface area contributed by atoms with Crippen LogP contribution < -0.4 is 10.1 Å². The molecule has 1 unspecified atom stereocenters. The quantitative estimate of drug-likeness (QED) is 0.738. The predicted molar refractivity (Wildman–Crippen MR) is 69.3 cm³/mol. The van der Waals surface area contributed by atoms with Crippen LogP contribution in [0, 0.1) is 0 Å². The minimum Gasteiger partial charge on any atom is -0.488 e. The van der Waals surface area contributed by atoms with Crippen molar-refractivity contribution in [3.63, 3.8) is 0 Å². The molecule has 0 fully saturated rings. The van der Waals surface area contributed by atoms with Crippen molar-refractivity contribution in [3.8, 4) is 5.75 Å². The highest BCUT2D eigenvalue weighted by atomic mass is 35.5. The molecular formula is C13H20ClNO. The second kappa shape index (κ2) is 7.53. The third-order valence-corrected chi connectivity index (χ3v) is 2.62. The second-order valence-corrected chi connectivity index (χ2v) is 4.32. The van der Waals surface area contributed by atoms with Crippen molar-refractivity contribution in [2.45, 2.75) is 32.8 Å². The summed E-state index contributed by atoms with van der Waals surface area (Å²) in [7, 11) is 0. The molecule has 0 heterocycles. The zero-order chi connectivity index (χ0) is 11.8. The van der Waals surface area contributed by atoms with Gasteiger partial charge in [-0.2, -0.15) is 0 Å². The van der Waals surface area contributed by atoms with Gasteiger partial charge in [-0.1, -0.05) is 37.1 Å². The van der Waals surface area contributed by atoms with Gasteiger partial charge in [0, 0.05) is 6.54 Å². The van der Waals surface area contributed by atoms with Gasteiger partial charge in [-0.3, -0.25) is 0 Å². The number of hydrogen-bond acceptors (Lipinski definition) is 2. The van der Waals surface area contributed by atoms with E-state index in [1.54, 1.807) is 0 Å². The Labute approximate surface area is 103 Å². The number of para-hydroxylation sites is 1. The molecule has 2 nitrogen and oxygen atoms in total. The summed E-state index contributed by atoms with van der Waals surface area (Å²) in [6.45, 7) is 6.13. The van der Waals surface area contributed by atoms with Gasteiger partial charge in [-0.15, -0.1) is 0 Å². The van der Waals surface area contributed by atoms with Crippen LogP contribution in [-0.2, 0) is 0 Å². The van der Waals surface area contributed by atoms with Crippen molar-refractivity contribution < 1.29 is 4.74 Å². The van der Waals surface area contributed by atoms with Gasteiger partial charge in [0.05, 0.1) is 5.02 Å². The Morgan fingerprint density at radius 1 is 1.38 bits per heavy atom. The smallest absolute Gasteiger partial charge is 0.138 e. The molecule has 0 saturated carbocycles.